The van der Waals surface area contributed by atoms with Gasteiger partial charge < -0.3 is 10.6 Å². The third-order valence-corrected chi connectivity index (χ3v) is 3.16. The molecule has 1 fully saturated rings. The van der Waals surface area contributed by atoms with Gasteiger partial charge in [0.25, 0.3) is 0 Å². The van der Waals surface area contributed by atoms with E-state index in [2.05, 4.69) is 10.6 Å². The molecule has 1 aromatic carbocycles. The Hall–Kier alpha value is -1.06. The molecular weight excluding hydrogens is 224 g/mol. The van der Waals surface area contributed by atoms with E-state index in [1.807, 2.05) is 24.3 Å². The second-order valence-corrected chi connectivity index (χ2v) is 4.37. The van der Waals surface area contributed by atoms with Crippen molar-refractivity contribution in [3.05, 3.63) is 34.9 Å². The lowest BCUT2D eigenvalue weighted by atomic mass is 10.2. The Morgan fingerprint density at radius 2 is 2.31 bits per heavy atom. The molecule has 1 aliphatic rings. The minimum Gasteiger partial charge on any atom is -0.351 e. The molecule has 0 radical (unpaired) electrons. The Balaban J connectivity index is 1.87. The van der Waals surface area contributed by atoms with Crippen molar-refractivity contribution in [2.24, 2.45) is 0 Å². The number of carbonyl (C=O) groups is 1. The fraction of sp³-hybridized carbons (Fsp3) is 0.417. The van der Waals surface area contributed by atoms with Crippen LogP contribution in [-0.4, -0.2) is 18.5 Å². The molecule has 1 atom stereocenters. The van der Waals surface area contributed by atoms with Crippen LogP contribution in [0.1, 0.15) is 18.4 Å². The molecule has 0 aromatic heterocycles. The van der Waals surface area contributed by atoms with Gasteiger partial charge >= 0.3 is 0 Å². The van der Waals surface area contributed by atoms with Gasteiger partial charge in [0.1, 0.15) is 0 Å². The largest absolute Gasteiger partial charge is 0.351 e. The SMILES string of the molecule is O=C(NCc1ccccc1Cl)[C@H]1CCCN1. The monoisotopic (exact) mass is 238 g/mol. The first-order chi connectivity index (χ1) is 7.77. The average molecular weight is 239 g/mol. The summed E-state index contributed by atoms with van der Waals surface area (Å²) in [5.41, 5.74) is 0.954. The number of hydrogen-bond donors (Lipinski definition) is 2. The highest BCUT2D eigenvalue weighted by atomic mass is 35.5. The van der Waals surface area contributed by atoms with Crippen LogP contribution in [0.3, 0.4) is 0 Å². The summed E-state index contributed by atoms with van der Waals surface area (Å²) in [7, 11) is 0. The smallest absolute Gasteiger partial charge is 0.237 e. The van der Waals surface area contributed by atoms with Gasteiger partial charge in [0.2, 0.25) is 5.91 Å². The van der Waals surface area contributed by atoms with Crippen molar-refractivity contribution in [1.29, 1.82) is 0 Å². The van der Waals surface area contributed by atoms with Gasteiger partial charge in [-0.1, -0.05) is 29.8 Å². The van der Waals surface area contributed by atoms with Gasteiger partial charge in [-0.2, -0.15) is 0 Å². The Labute approximate surface area is 100 Å². The molecule has 4 heteroatoms. The van der Waals surface area contributed by atoms with E-state index in [-0.39, 0.29) is 11.9 Å². The van der Waals surface area contributed by atoms with Crippen molar-refractivity contribution >= 4 is 17.5 Å². The molecule has 2 N–H and O–H groups in total. The highest BCUT2D eigenvalue weighted by molar-refractivity contribution is 6.31. The summed E-state index contributed by atoms with van der Waals surface area (Å²) in [5, 5.41) is 6.75. The summed E-state index contributed by atoms with van der Waals surface area (Å²) in [5.74, 6) is 0.0671. The lowest BCUT2D eigenvalue weighted by molar-refractivity contribution is -0.122. The predicted molar refractivity (Wildman–Crippen MR) is 64.3 cm³/mol. The standard InChI is InChI=1S/C12H15ClN2O/c13-10-5-2-1-4-9(10)8-15-12(16)11-6-3-7-14-11/h1-2,4-5,11,14H,3,6-8H2,(H,15,16)/t11-/m1/s1. The third-order valence-electron chi connectivity index (χ3n) is 2.79. The zero-order chi connectivity index (χ0) is 11.4. The molecule has 86 valence electrons. The van der Waals surface area contributed by atoms with Crippen LogP contribution in [0.2, 0.25) is 5.02 Å². The van der Waals surface area contributed by atoms with E-state index in [9.17, 15) is 4.79 Å². The van der Waals surface area contributed by atoms with Crippen molar-refractivity contribution < 1.29 is 4.79 Å². The van der Waals surface area contributed by atoms with E-state index >= 15 is 0 Å². The Kier molecular flexibility index (Phi) is 3.80. The van der Waals surface area contributed by atoms with Crippen LogP contribution in [0.25, 0.3) is 0 Å². The molecule has 1 aliphatic heterocycles. The number of benzene rings is 1. The minimum absolute atomic E-state index is 0.0255. The average Bonchev–Trinajstić information content (AvgIpc) is 2.81. The Morgan fingerprint density at radius 1 is 1.50 bits per heavy atom. The fourth-order valence-electron chi connectivity index (χ4n) is 1.86. The molecule has 0 saturated carbocycles. The van der Waals surface area contributed by atoms with Gasteiger partial charge in [-0.05, 0) is 31.0 Å². The molecule has 1 aromatic rings. The maximum Gasteiger partial charge on any atom is 0.237 e. The van der Waals surface area contributed by atoms with Crippen LogP contribution < -0.4 is 10.6 Å². The zero-order valence-corrected chi connectivity index (χ0v) is 9.76. The van der Waals surface area contributed by atoms with Crippen LogP contribution in [0.15, 0.2) is 24.3 Å². The summed E-state index contributed by atoms with van der Waals surface area (Å²) in [4.78, 5) is 11.7. The van der Waals surface area contributed by atoms with E-state index < -0.39 is 0 Å². The first-order valence-electron chi connectivity index (χ1n) is 5.52. The molecule has 16 heavy (non-hydrogen) atoms. The topological polar surface area (TPSA) is 41.1 Å². The maximum absolute atomic E-state index is 11.7. The number of halogens is 1. The molecule has 1 heterocycles. The second kappa shape index (κ2) is 5.32. The summed E-state index contributed by atoms with van der Waals surface area (Å²) < 4.78 is 0. The Bertz CT molecular complexity index is 375. The second-order valence-electron chi connectivity index (χ2n) is 3.96. The molecule has 0 aliphatic carbocycles. The van der Waals surface area contributed by atoms with Crippen molar-refractivity contribution in [1.82, 2.24) is 10.6 Å². The molecular formula is C12H15ClN2O. The van der Waals surface area contributed by atoms with Gasteiger partial charge in [0.15, 0.2) is 0 Å². The molecule has 1 amide bonds. The van der Waals surface area contributed by atoms with Gasteiger partial charge in [0.05, 0.1) is 6.04 Å². The maximum atomic E-state index is 11.7. The predicted octanol–water partition coefficient (Wildman–Crippen LogP) is 1.71. The van der Waals surface area contributed by atoms with Gasteiger partial charge in [-0.3, -0.25) is 4.79 Å². The Morgan fingerprint density at radius 3 is 3.00 bits per heavy atom. The zero-order valence-electron chi connectivity index (χ0n) is 9.00. The lowest BCUT2D eigenvalue weighted by Crippen LogP contribution is -2.40. The van der Waals surface area contributed by atoms with Crippen LogP contribution in [0.5, 0.6) is 0 Å². The van der Waals surface area contributed by atoms with Crippen molar-refractivity contribution in [3.63, 3.8) is 0 Å². The van der Waals surface area contributed by atoms with E-state index in [4.69, 9.17) is 11.6 Å². The fourth-order valence-corrected chi connectivity index (χ4v) is 2.06. The van der Waals surface area contributed by atoms with Gasteiger partial charge in [0, 0.05) is 11.6 Å². The molecule has 0 bridgehead atoms. The van der Waals surface area contributed by atoms with Gasteiger partial charge in [-0.15, -0.1) is 0 Å². The number of nitrogens with one attached hydrogen (secondary N) is 2. The summed E-state index contributed by atoms with van der Waals surface area (Å²) >= 11 is 6.00. The van der Waals surface area contributed by atoms with Crippen molar-refractivity contribution in [2.75, 3.05) is 6.54 Å². The highest BCUT2D eigenvalue weighted by Gasteiger charge is 2.21. The molecule has 0 unspecified atom stereocenters. The first kappa shape index (κ1) is 11.4. The number of amides is 1. The van der Waals surface area contributed by atoms with E-state index in [1.165, 1.54) is 0 Å². The first-order valence-corrected chi connectivity index (χ1v) is 5.89. The number of hydrogen-bond acceptors (Lipinski definition) is 2. The van der Waals surface area contributed by atoms with Crippen LogP contribution >= 0.6 is 11.6 Å². The molecule has 2 rings (SSSR count). The van der Waals surface area contributed by atoms with Crippen molar-refractivity contribution in [2.45, 2.75) is 25.4 Å². The highest BCUT2D eigenvalue weighted by Crippen LogP contribution is 2.14. The van der Waals surface area contributed by atoms with Crippen LogP contribution in [-0.2, 0) is 11.3 Å². The van der Waals surface area contributed by atoms with E-state index in [1.54, 1.807) is 0 Å². The normalized spacial score (nSPS) is 19.7. The summed E-state index contributed by atoms with van der Waals surface area (Å²) in [6, 6.07) is 7.53. The summed E-state index contributed by atoms with van der Waals surface area (Å²) in [6.07, 6.45) is 2.00. The van der Waals surface area contributed by atoms with Crippen LogP contribution in [0, 0.1) is 0 Å². The number of rotatable bonds is 3. The van der Waals surface area contributed by atoms with Gasteiger partial charge in [-0.25, -0.2) is 0 Å². The third kappa shape index (κ3) is 2.74. The summed E-state index contributed by atoms with van der Waals surface area (Å²) in [6.45, 7) is 1.43. The minimum atomic E-state index is -0.0255. The molecule has 1 saturated heterocycles. The molecule has 3 nitrogen and oxygen atoms in total. The molecule has 0 spiro atoms. The van der Waals surface area contributed by atoms with E-state index in [0.29, 0.717) is 11.6 Å². The lowest BCUT2D eigenvalue weighted by Gasteiger charge is -2.11. The van der Waals surface area contributed by atoms with Crippen LogP contribution in [0.4, 0.5) is 0 Å². The van der Waals surface area contributed by atoms with E-state index in [0.717, 1.165) is 24.9 Å². The number of carbonyl (C=O) groups excluding carboxylic acids is 1. The van der Waals surface area contributed by atoms with Crippen molar-refractivity contribution in [3.8, 4) is 0 Å². The quantitative estimate of drug-likeness (QED) is 0.842.